The summed E-state index contributed by atoms with van der Waals surface area (Å²) in [6, 6.07) is 0. The molecule has 0 saturated heterocycles. The Hall–Kier alpha value is -2.21. The molecule has 0 aliphatic heterocycles. The van der Waals surface area contributed by atoms with Crippen molar-refractivity contribution in [1.82, 2.24) is 0 Å². The van der Waals surface area contributed by atoms with E-state index in [-0.39, 0.29) is 5.57 Å². The Kier molecular flexibility index (Phi) is 4.77. The summed E-state index contributed by atoms with van der Waals surface area (Å²) < 4.78 is 14.5. The van der Waals surface area contributed by atoms with Gasteiger partial charge in [0.2, 0.25) is 5.78 Å². The second-order valence-electron chi connectivity index (χ2n) is 3.58. The molecule has 0 spiro atoms. The predicted molar refractivity (Wildman–Crippen MR) is 64.9 cm³/mol. The molecule has 102 valence electrons. The van der Waals surface area contributed by atoms with Crippen LogP contribution in [0.15, 0.2) is 36.0 Å². The van der Waals surface area contributed by atoms with Gasteiger partial charge in [-0.2, -0.15) is 0 Å². The quantitative estimate of drug-likeness (QED) is 0.423. The molecule has 19 heavy (non-hydrogen) atoms. The van der Waals surface area contributed by atoms with Gasteiger partial charge in [0.05, 0.1) is 12.7 Å². The summed E-state index contributed by atoms with van der Waals surface area (Å²) in [6.45, 7) is 1.62. The zero-order valence-electron chi connectivity index (χ0n) is 10.8. The van der Waals surface area contributed by atoms with E-state index in [0.29, 0.717) is 0 Å². The molecule has 1 aliphatic rings. The molecule has 1 rings (SSSR count). The zero-order chi connectivity index (χ0) is 14.5. The molecule has 0 heterocycles. The molecule has 1 atom stereocenters. The van der Waals surface area contributed by atoms with E-state index in [9.17, 15) is 14.4 Å². The maximum atomic E-state index is 11.8. The van der Waals surface area contributed by atoms with E-state index >= 15 is 0 Å². The molecule has 0 radical (unpaired) electrons. The van der Waals surface area contributed by atoms with Crippen molar-refractivity contribution in [2.24, 2.45) is 0 Å². The predicted octanol–water partition coefficient (Wildman–Crippen LogP) is 0.687. The number of hydrogen-bond acceptors (Lipinski definition) is 6. The largest absolute Gasteiger partial charge is 0.465 e. The lowest BCUT2D eigenvalue weighted by Crippen LogP contribution is -2.44. The van der Waals surface area contributed by atoms with Crippen LogP contribution >= 0.6 is 0 Å². The fraction of sp³-hybridized carbons (Fsp3) is 0.308. The third-order valence-corrected chi connectivity index (χ3v) is 2.38. The van der Waals surface area contributed by atoms with Crippen LogP contribution in [0.2, 0.25) is 0 Å². The Balaban J connectivity index is 3.12. The Morgan fingerprint density at radius 2 is 1.95 bits per heavy atom. The summed E-state index contributed by atoms with van der Waals surface area (Å²) in [7, 11) is 2.40. The lowest BCUT2D eigenvalue weighted by molar-refractivity contribution is -0.196. The highest BCUT2D eigenvalue weighted by molar-refractivity contribution is 6.05. The van der Waals surface area contributed by atoms with E-state index < -0.39 is 23.5 Å². The first-order chi connectivity index (χ1) is 8.99. The van der Waals surface area contributed by atoms with Gasteiger partial charge in [-0.25, -0.2) is 9.59 Å². The van der Waals surface area contributed by atoms with Crippen LogP contribution in [-0.4, -0.2) is 37.7 Å². The minimum atomic E-state index is -1.94. The summed E-state index contributed by atoms with van der Waals surface area (Å²) >= 11 is 0. The molecule has 0 aromatic rings. The molecule has 6 heteroatoms. The topological polar surface area (TPSA) is 78.9 Å². The lowest BCUT2D eigenvalue weighted by atomic mass is 10.00. The Bertz CT molecular complexity index is 485. The van der Waals surface area contributed by atoms with Crippen molar-refractivity contribution in [1.29, 1.82) is 0 Å². The van der Waals surface area contributed by atoms with Crippen molar-refractivity contribution in [3.05, 3.63) is 36.0 Å². The Morgan fingerprint density at radius 1 is 1.26 bits per heavy atom. The van der Waals surface area contributed by atoms with Gasteiger partial charge >= 0.3 is 11.9 Å². The molecule has 0 fully saturated rings. The summed E-state index contributed by atoms with van der Waals surface area (Å²) in [6.07, 6.45) is 6.08. The number of ether oxygens (including phenoxy) is 3. The highest BCUT2D eigenvalue weighted by Crippen LogP contribution is 2.24. The molecule has 1 aliphatic carbocycles. The van der Waals surface area contributed by atoms with E-state index in [0.717, 1.165) is 18.2 Å². The van der Waals surface area contributed by atoms with E-state index in [2.05, 4.69) is 4.74 Å². The van der Waals surface area contributed by atoms with E-state index in [1.807, 2.05) is 0 Å². The van der Waals surface area contributed by atoms with Crippen LogP contribution in [0, 0.1) is 0 Å². The summed E-state index contributed by atoms with van der Waals surface area (Å²) in [5.41, 5.74) is 0.0669. The normalized spacial score (nSPS) is 22.3. The summed E-state index contributed by atoms with van der Waals surface area (Å²) in [4.78, 5) is 34.7. The molecule has 0 amide bonds. The molecule has 1 unspecified atom stereocenters. The van der Waals surface area contributed by atoms with Gasteiger partial charge in [0, 0.05) is 19.3 Å². The minimum Gasteiger partial charge on any atom is -0.465 e. The van der Waals surface area contributed by atoms with Crippen molar-refractivity contribution in [3.63, 3.8) is 0 Å². The van der Waals surface area contributed by atoms with Crippen LogP contribution in [0.1, 0.15) is 6.92 Å². The van der Waals surface area contributed by atoms with Crippen LogP contribution in [0.5, 0.6) is 0 Å². The van der Waals surface area contributed by atoms with Gasteiger partial charge in [-0.15, -0.1) is 0 Å². The molecule has 6 nitrogen and oxygen atoms in total. The second-order valence-corrected chi connectivity index (χ2v) is 3.58. The second kappa shape index (κ2) is 6.10. The van der Waals surface area contributed by atoms with E-state index in [1.54, 1.807) is 6.92 Å². The SMILES string of the molecule is C/C=C/C(=O)OC1(OC)C=C(C(=O)OC)C=CC1=O. The van der Waals surface area contributed by atoms with Gasteiger partial charge < -0.3 is 14.2 Å². The van der Waals surface area contributed by atoms with Crippen molar-refractivity contribution in [3.8, 4) is 0 Å². The number of ketones is 1. The number of allylic oxidation sites excluding steroid dienone is 1. The Morgan fingerprint density at radius 3 is 2.47 bits per heavy atom. The fourth-order valence-electron chi connectivity index (χ4n) is 1.45. The highest BCUT2D eigenvalue weighted by Gasteiger charge is 2.42. The fourth-order valence-corrected chi connectivity index (χ4v) is 1.45. The maximum Gasteiger partial charge on any atom is 0.337 e. The van der Waals surface area contributed by atoms with Gasteiger partial charge in [-0.05, 0) is 19.1 Å². The molecule has 0 aromatic carbocycles. The summed E-state index contributed by atoms with van der Waals surface area (Å²) in [5, 5.41) is 0. The lowest BCUT2D eigenvalue weighted by Gasteiger charge is -2.28. The molecule has 0 aromatic heterocycles. The number of carbonyl (C=O) groups excluding carboxylic acids is 3. The maximum absolute atomic E-state index is 11.8. The third kappa shape index (κ3) is 3.17. The highest BCUT2D eigenvalue weighted by atomic mass is 16.7. The molecule has 0 saturated carbocycles. The number of carbonyl (C=O) groups is 3. The number of methoxy groups -OCH3 is 2. The van der Waals surface area contributed by atoms with Crippen LogP contribution in [0.4, 0.5) is 0 Å². The third-order valence-electron chi connectivity index (χ3n) is 2.38. The monoisotopic (exact) mass is 266 g/mol. The molecular formula is C13H14O6. The number of rotatable bonds is 4. The van der Waals surface area contributed by atoms with E-state index in [1.165, 1.54) is 26.4 Å². The number of esters is 2. The van der Waals surface area contributed by atoms with Crippen molar-refractivity contribution < 1.29 is 28.6 Å². The first-order valence-electron chi connectivity index (χ1n) is 5.43. The zero-order valence-corrected chi connectivity index (χ0v) is 10.8. The summed E-state index contributed by atoms with van der Waals surface area (Å²) in [5.74, 6) is -3.95. The standard InChI is InChI=1S/C13H14O6/c1-4-5-11(15)19-13(18-3)8-9(12(16)17-2)6-7-10(13)14/h4-8H,1-3H3/b5-4+. The van der Waals surface area contributed by atoms with Gasteiger partial charge in [0.25, 0.3) is 5.79 Å². The van der Waals surface area contributed by atoms with Gasteiger partial charge in [0.15, 0.2) is 0 Å². The van der Waals surface area contributed by atoms with Crippen LogP contribution in [0.3, 0.4) is 0 Å². The molecule has 0 bridgehead atoms. The first-order valence-corrected chi connectivity index (χ1v) is 5.43. The van der Waals surface area contributed by atoms with Gasteiger partial charge in [-0.3, -0.25) is 4.79 Å². The average Bonchev–Trinajstić information content (AvgIpc) is 2.40. The molecule has 0 N–H and O–H groups in total. The van der Waals surface area contributed by atoms with Gasteiger partial charge in [-0.1, -0.05) is 6.08 Å². The van der Waals surface area contributed by atoms with Crippen LogP contribution in [-0.2, 0) is 28.6 Å². The smallest absolute Gasteiger partial charge is 0.337 e. The van der Waals surface area contributed by atoms with Crippen molar-refractivity contribution in [2.75, 3.05) is 14.2 Å². The Labute approximate surface area is 110 Å². The van der Waals surface area contributed by atoms with E-state index in [4.69, 9.17) is 9.47 Å². The minimum absolute atomic E-state index is 0.0669. The van der Waals surface area contributed by atoms with Crippen molar-refractivity contribution in [2.45, 2.75) is 12.7 Å². The van der Waals surface area contributed by atoms with Crippen LogP contribution < -0.4 is 0 Å². The van der Waals surface area contributed by atoms with Crippen molar-refractivity contribution >= 4 is 17.7 Å². The average molecular weight is 266 g/mol. The molecular weight excluding hydrogens is 252 g/mol. The van der Waals surface area contributed by atoms with Gasteiger partial charge in [0.1, 0.15) is 0 Å². The van der Waals surface area contributed by atoms with Crippen LogP contribution in [0.25, 0.3) is 0 Å². The number of hydrogen-bond donors (Lipinski definition) is 0. The first kappa shape index (κ1) is 14.8.